The van der Waals surface area contributed by atoms with Gasteiger partial charge in [-0.3, -0.25) is 9.59 Å². The van der Waals surface area contributed by atoms with Crippen LogP contribution in [0.1, 0.15) is 59.0 Å². The number of carbonyl (C=O) groups excluding carboxylic acids is 2. The third-order valence-electron chi connectivity index (χ3n) is 7.16. The van der Waals surface area contributed by atoms with E-state index in [1.165, 1.54) is 19.3 Å². The van der Waals surface area contributed by atoms with E-state index in [1.54, 1.807) is 12.1 Å². The molecule has 182 valence electrons. The summed E-state index contributed by atoms with van der Waals surface area (Å²) in [5.74, 6) is -0.200. The van der Waals surface area contributed by atoms with E-state index in [2.05, 4.69) is 32.3 Å². The molecule has 0 unspecified atom stereocenters. The Bertz CT molecular complexity index is 1140. The minimum atomic E-state index is -0.146. The van der Waals surface area contributed by atoms with Gasteiger partial charge in [-0.25, -0.2) is 4.98 Å². The van der Waals surface area contributed by atoms with Crippen LogP contribution in [0.25, 0.3) is 11.3 Å². The van der Waals surface area contributed by atoms with Crippen LogP contribution in [0.5, 0.6) is 0 Å². The maximum Gasteiger partial charge on any atom is 0.275 e. The highest BCUT2D eigenvalue weighted by molar-refractivity contribution is 5.99. The molecule has 0 bridgehead atoms. The molecule has 5 rings (SSSR count). The SMILES string of the molecule is O=C(NC[C@@H]1CNCCN1C(=O)c1ncn(C2CCCCC2)c1-c1ccccc1)c1ccccc1. The molecule has 7 nitrogen and oxygen atoms in total. The van der Waals surface area contributed by atoms with Crippen LogP contribution in [-0.2, 0) is 0 Å². The van der Waals surface area contributed by atoms with Gasteiger partial charge in [-0.2, -0.15) is 0 Å². The smallest absolute Gasteiger partial charge is 0.275 e. The molecule has 2 amide bonds. The molecule has 1 aromatic heterocycles. The molecule has 2 aliphatic rings. The molecule has 0 radical (unpaired) electrons. The molecule has 1 saturated heterocycles. The van der Waals surface area contributed by atoms with E-state index in [1.807, 2.05) is 47.6 Å². The molecule has 2 N–H and O–H groups in total. The summed E-state index contributed by atoms with van der Waals surface area (Å²) in [6.45, 7) is 2.31. The number of amides is 2. The highest BCUT2D eigenvalue weighted by Crippen LogP contribution is 2.34. The van der Waals surface area contributed by atoms with E-state index in [0.717, 1.165) is 30.6 Å². The van der Waals surface area contributed by atoms with E-state index in [-0.39, 0.29) is 17.9 Å². The van der Waals surface area contributed by atoms with Crippen molar-refractivity contribution in [1.29, 1.82) is 0 Å². The van der Waals surface area contributed by atoms with Crippen molar-refractivity contribution < 1.29 is 9.59 Å². The summed E-state index contributed by atoms with van der Waals surface area (Å²) in [6, 6.07) is 19.5. The van der Waals surface area contributed by atoms with Crippen molar-refractivity contribution in [2.75, 3.05) is 26.2 Å². The first-order valence-electron chi connectivity index (χ1n) is 12.7. The second-order valence-corrected chi connectivity index (χ2v) is 9.44. The molecule has 3 aromatic rings. The van der Waals surface area contributed by atoms with Crippen LogP contribution in [0.3, 0.4) is 0 Å². The molecule has 2 heterocycles. The van der Waals surface area contributed by atoms with Crippen LogP contribution in [0, 0.1) is 0 Å². The highest BCUT2D eigenvalue weighted by Gasteiger charge is 2.32. The zero-order valence-electron chi connectivity index (χ0n) is 20.0. The summed E-state index contributed by atoms with van der Waals surface area (Å²) in [7, 11) is 0. The van der Waals surface area contributed by atoms with Crippen LogP contribution in [0.2, 0.25) is 0 Å². The highest BCUT2D eigenvalue weighted by atomic mass is 16.2. The van der Waals surface area contributed by atoms with Crippen molar-refractivity contribution in [1.82, 2.24) is 25.1 Å². The lowest BCUT2D eigenvalue weighted by Crippen LogP contribution is -2.57. The number of piperazine rings is 1. The standard InChI is InChI=1S/C28H33N5O2/c34-27(22-12-6-2-7-13-22)30-19-24-18-29-16-17-32(24)28(35)25-26(21-10-4-1-5-11-21)33(20-31-25)23-14-8-3-9-15-23/h1-2,4-7,10-13,20,23-24,29H,3,8-9,14-19H2,(H,30,34)/t24-/m0/s1. The Morgan fingerprint density at radius 2 is 1.69 bits per heavy atom. The van der Waals surface area contributed by atoms with Crippen molar-refractivity contribution in [2.45, 2.75) is 44.2 Å². The number of hydrogen-bond acceptors (Lipinski definition) is 4. The van der Waals surface area contributed by atoms with Gasteiger partial charge < -0.3 is 20.1 Å². The Balaban J connectivity index is 1.40. The Labute approximate surface area is 206 Å². The lowest BCUT2D eigenvalue weighted by atomic mass is 9.94. The maximum absolute atomic E-state index is 13.9. The third kappa shape index (κ3) is 5.15. The topological polar surface area (TPSA) is 79.3 Å². The first-order valence-corrected chi connectivity index (χ1v) is 12.7. The van der Waals surface area contributed by atoms with Crippen molar-refractivity contribution in [2.24, 2.45) is 0 Å². The molecule has 2 fully saturated rings. The summed E-state index contributed by atoms with van der Waals surface area (Å²) in [5, 5.41) is 6.38. The lowest BCUT2D eigenvalue weighted by molar-refractivity contribution is 0.0620. The minimum absolute atomic E-state index is 0.0705. The molecule has 1 atom stereocenters. The molecule has 2 aromatic carbocycles. The van der Waals surface area contributed by atoms with Gasteiger partial charge in [0.2, 0.25) is 0 Å². The van der Waals surface area contributed by atoms with Crippen molar-refractivity contribution in [3.63, 3.8) is 0 Å². The quantitative estimate of drug-likeness (QED) is 0.572. The zero-order chi connectivity index (χ0) is 24.0. The van der Waals surface area contributed by atoms with E-state index < -0.39 is 0 Å². The van der Waals surface area contributed by atoms with Gasteiger partial charge in [-0.05, 0) is 25.0 Å². The van der Waals surface area contributed by atoms with Crippen LogP contribution >= 0.6 is 0 Å². The molecule has 7 heteroatoms. The van der Waals surface area contributed by atoms with Crippen LogP contribution in [0.15, 0.2) is 67.0 Å². The molecule has 1 aliphatic carbocycles. The average Bonchev–Trinajstić information content (AvgIpc) is 3.38. The van der Waals surface area contributed by atoms with Gasteiger partial charge in [0.25, 0.3) is 11.8 Å². The number of nitrogens with one attached hydrogen (secondary N) is 2. The number of aromatic nitrogens is 2. The first-order chi connectivity index (χ1) is 17.2. The predicted octanol–water partition coefficient (Wildman–Crippen LogP) is 3.90. The molecular formula is C28H33N5O2. The number of nitrogens with zero attached hydrogens (tertiary/aromatic N) is 3. The van der Waals surface area contributed by atoms with Crippen molar-refractivity contribution in [3.05, 3.63) is 78.2 Å². The van der Waals surface area contributed by atoms with Crippen molar-refractivity contribution in [3.8, 4) is 11.3 Å². The monoisotopic (exact) mass is 471 g/mol. The Morgan fingerprint density at radius 3 is 2.43 bits per heavy atom. The molecule has 1 saturated carbocycles. The Kier molecular flexibility index (Phi) is 7.23. The fraction of sp³-hybridized carbons (Fsp3) is 0.393. The summed E-state index contributed by atoms with van der Waals surface area (Å²) in [5.41, 5.74) is 3.05. The third-order valence-corrected chi connectivity index (χ3v) is 7.16. The number of carbonyl (C=O) groups is 2. The number of imidazole rings is 1. The van der Waals surface area contributed by atoms with Gasteiger partial charge in [-0.15, -0.1) is 0 Å². The minimum Gasteiger partial charge on any atom is -0.350 e. The lowest BCUT2D eigenvalue weighted by Gasteiger charge is -2.36. The van der Waals surface area contributed by atoms with Gasteiger partial charge in [0.05, 0.1) is 18.1 Å². The van der Waals surface area contributed by atoms with Gasteiger partial charge >= 0.3 is 0 Å². The molecule has 0 spiro atoms. The van der Waals surface area contributed by atoms with Gasteiger partial charge in [0, 0.05) is 43.3 Å². The summed E-state index contributed by atoms with van der Waals surface area (Å²) in [6.07, 6.45) is 7.79. The zero-order valence-corrected chi connectivity index (χ0v) is 20.0. The second kappa shape index (κ2) is 10.9. The molecular weight excluding hydrogens is 438 g/mol. The van der Waals surface area contributed by atoms with E-state index in [0.29, 0.717) is 36.9 Å². The van der Waals surface area contributed by atoms with Gasteiger partial charge in [0.1, 0.15) is 0 Å². The van der Waals surface area contributed by atoms with Crippen LogP contribution in [-0.4, -0.2) is 58.5 Å². The second-order valence-electron chi connectivity index (χ2n) is 9.44. The van der Waals surface area contributed by atoms with Crippen LogP contribution in [0.4, 0.5) is 0 Å². The number of hydrogen-bond donors (Lipinski definition) is 2. The van der Waals surface area contributed by atoms with Gasteiger partial charge in [-0.1, -0.05) is 67.8 Å². The Morgan fingerprint density at radius 1 is 0.971 bits per heavy atom. The number of benzene rings is 2. The fourth-order valence-electron chi connectivity index (χ4n) is 5.28. The van der Waals surface area contributed by atoms with E-state index in [9.17, 15) is 9.59 Å². The predicted molar refractivity (Wildman–Crippen MR) is 136 cm³/mol. The fourth-order valence-corrected chi connectivity index (χ4v) is 5.28. The Hall–Kier alpha value is -3.45. The van der Waals surface area contributed by atoms with E-state index in [4.69, 9.17) is 0 Å². The summed E-state index contributed by atoms with van der Waals surface area (Å²) < 4.78 is 2.23. The molecule has 35 heavy (non-hydrogen) atoms. The van der Waals surface area contributed by atoms with Gasteiger partial charge in [0.15, 0.2) is 5.69 Å². The summed E-state index contributed by atoms with van der Waals surface area (Å²) in [4.78, 5) is 33.1. The van der Waals surface area contributed by atoms with Crippen molar-refractivity contribution >= 4 is 11.8 Å². The first kappa shape index (κ1) is 23.3. The normalized spacial score (nSPS) is 18.9. The number of rotatable bonds is 6. The van der Waals surface area contributed by atoms with Crippen LogP contribution < -0.4 is 10.6 Å². The van der Waals surface area contributed by atoms with E-state index >= 15 is 0 Å². The maximum atomic E-state index is 13.9. The summed E-state index contributed by atoms with van der Waals surface area (Å²) >= 11 is 0. The largest absolute Gasteiger partial charge is 0.350 e. The molecule has 1 aliphatic heterocycles. The average molecular weight is 472 g/mol.